The first-order valence-electron chi connectivity index (χ1n) is 6.36. The van der Waals surface area contributed by atoms with Gasteiger partial charge in [0, 0.05) is 12.5 Å². The van der Waals surface area contributed by atoms with E-state index < -0.39 is 0 Å². The molecule has 2 rings (SSSR count). The number of ether oxygens (including phenoxy) is 1. The average molecular weight is 223 g/mol. The molecule has 1 aliphatic carbocycles. The van der Waals surface area contributed by atoms with Gasteiger partial charge in [0.2, 0.25) is 0 Å². The maximum Gasteiger partial charge on any atom is 0.254 e. The molecule has 0 radical (unpaired) electrons. The maximum atomic E-state index is 5.81. The van der Waals surface area contributed by atoms with Crippen LogP contribution in [0.5, 0.6) is 5.88 Å². The van der Waals surface area contributed by atoms with Crippen LogP contribution in [0.15, 0.2) is 10.6 Å². The van der Waals surface area contributed by atoms with Crippen molar-refractivity contribution in [1.82, 2.24) is 5.16 Å². The first kappa shape index (κ1) is 11.5. The molecule has 0 unspecified atom stereocenters. The summed E-state index contributed by atoms with van der Waals surface area (Å²) in [4.78, 5) is 0. The molecule has 0 bridgehead atoms. The molecule has 1 aromatic heterocycles. The molecule has 1 fully saturated rings. The zero-order valence-electron chi connectivity index (χ0n) is 10.2. The lowest BCUT2D eigenvalue weighted by atomic mass is 9.98. The summed E-state index contributed by atoms with van der Waals surface area (Å²) < 4.78 is 11.1. The van der Waals surface area contributed by atoms with E-state index in [1.807, 2.05) is 6.07 Å². The Bertz CT molecular complexity index is 313. The Morgan fingerprint density at radius 1 is 1.38 bits per heavy atom. The second-order valence-electron chi connectivity index (χ2n) is 5.11. The smallest absolute Gasteiger partial charge is 0.254 e. The molecule has 1 heterocycles. The minimum atomic E-state index is 0.353. The molecule has 90 valence electrons. The normalized spacial score (nSPS) is 17.9. The number of aromatic nitrogens is 1. The number of hydrogen-bond acceptors (Lipinski definition) is 3. The van der Waals surface area contributed by atoms with Gasteiger partial charge in [0.25, 0.3) is 5.88 Å². The Morgan fingerprint density at radius 2 is 2.12 bits per heavy atom. The summed E-state index contributed by atoms with van der Waals surface area (Å²) in [5, 5.41) is 3.97. The fourth-order valence-electron chi connectivity index (χ4n) is 2.20. The van der Waals surface area contributed by atoms with Crippen molar-refractivity contribution in [3.8, 4) is 5.88 Å². The molecular formula is C13H21NO2. The van der Waals surface area contributed by atoms with Gasteiger partial charge in [-0.1, -0.05) is 20.3 Å². The molecule has 0 saturated heterocycles. The van der Waals surface area contributed by atoms with Gasteiger partial charge in [-0.2, -0.15) is 0 Å². The highest BCUT2D eigenvalue weighted by Crippen LogP contribution is 2.23. The molecule has 0 amide bonds. The monoisotopic (exact) mass is 223 g/mol. The van der Waals surface area contributed by atoms with E-state index in [4.69, 9.17) is 9.26 Å². The number of rotatable bonds is 4. The molecule has 3 nitrogen and oxygen atoms in total. The summed E-state index contributed by atoms with van der Waals surface area (Å²) in [5.74, 6) is 2.19. The van der Waals surface area contributed by atoms with E-state index in [2.05, 4.69) is 19.0 Å². The van der Waals surface area contributed by atoms with E-state index in [9.17, 15) is 0 Å². The summed E-state index contributed by atoms with van der Waals surface area (Å²) in [6.45, 7) is 4.34. The van der Waals surface area contributed by atoms with E-state index in [1.54, 1.807) is 0 Å². The lowest BCUT2D eigenvalue weighted by Crippen LogP contribution is -2.19. The Hall–Kier alpha value is -0.990. The van der Waals surface area contributed by atoms with Crippen molar-refractivity contribution in [2.75, 3.05) is 0 Å². The van der Waals surface area contributed by atoms with Crippen LogP contribution in [0, 0.1) is 5.92 Å². The number of hydrogen-bond donors (Lipinski definition) is 0. The molecule has 1 aromatic rings. The quantitative estimate of drug-likeness (QED) is 0.782. The van der Waals surface area contributed by atoms with Crippen molar-refractivity contribution in [3.05, 3.63) is 11.8 Å². The highest BCUT2D eigenvalue weighted by atomic mass is 16.5. The Labute approximate surface area is 97.2 Å². The van der Waals surface area contributed by atoms with Gasteiger partial charge in [-0.25, -0.2) is 0 Å². The van der Waals surface area contributed by atoms with Crippen molar-refractivity contribution in [2.45, 2.75) is 58.5 Å². The van der Waals surface area contributed by atoms with Crippen LogP contribution in [0.2, 0.25) is 0 Å². The van der Waals surface area contributed by atoms with Crippen LogP contribution >= 0.6 is 0 Å². The van der Waals surface area contributed by atoms with Crippen molar-refractivity contribution in [3.63, 3.8) is 0 Å². The Morgan fingerprint density at radius 3 is 2.81 bits per heavy atom. The van der Waals surface area contributed by atoms with Crippen molar-refractivity contribution < 1.29 is 9.26 Å². The summed E-state index contributed by atoms with van der Waals surface area (Å²) in [7, 11) is 0. The van der Waals surface area contributed by atoms with Gasteiger partial charge in [0.1, 0.15) is 11.9 Å². The molecule has 0 atom stereocenters. The van der Waals surface area contributed by atoms with E-state index in [0.29, 0.717) is 17.9 Å². The second kappa shape index (κ2) is 5.37. The molecular weight excluding hydrogens is 202 g/mol. The standard InChI is InChI=1S/C13H21NO2/c1-10(2)8-12-9-13(14-16-12)15-11-6-4-3-5-7-11/h9-11H,3-8H2,1-2H3. The van der Waals surface area contributed by atoms with Crippen molar-refractivity contribution in [1.29, 1.82) is 0 Å². The van der Waals surface area contributed by atoms with E-state index >= 15 is 0 Å². The van der Waals surface area contributed by atoms with Gasteiger partial charge in [0.15, 0.2) is 0 Å². The highest BCUT2D eigenvalue weighted by molar-refractivity contribution is 5.11. The van der Waals surface area contributed by atoms with Gasteiger partial charge < -0.3 is 9.26 Å². The fourth-order valence-corrected chi connectivity index (χ4v) is 2.20. The summed E-state index contributed by atoms with van der Waals surface area (Å²) in [5.41, 5.74) is 0. The zero-order valence-corrected chi connectivity index (χ0v) is 10.2. The third kappa shape index (κ3) is 3.26. The average Bonchev–Trinajstić information content (AvgIpc) is 2.66. The van der Waals surface area contributed by atoms with Gasteiger partial charge >= 0.3 is 0 Å². The molecule has 0 spiro atoms. The zero-order chi connectivity index (χ0) is 11.4. The van der Waals surface area contributed by atoms with Crippen LogP contribution in [-0.4, -0.2) is 11.3 Å². The van der Waals surface area contributed by atoms with Crippen LogP contribution in [0.4, 0.5) is 0 Å². The molecule has 3 heteroatoms. The van der Waals surface area contributed by atoms with Crippen LogP contribution in [0.25, 0.3) is 0 Å². The predicted octanol–water partition coefficient (Wildman–Crippen LogP) is 3.58. The van der Waals surface area contributed by atoms with Gasteiger partial charge in [0.05, 0.1) is 0 Å². The Kier molecular flexibility index (Phi) is 3.86. The van der Waals surface area contributed by atoms with E-state index in [-0.39, 0.29) is 0 Å². The first-order valence-corrected chi connectivity index (χ1v) is 6.36. The lowest BCUT2D eigenvalue weighted by molar-refractivity contribution is 0.141. The largest absolute Gasteiger partial charge is 0.472 e. The minimum absolute atomic E-state index is 0.353. The number of nitrogens with zero attached hydrogens (tertiary/aromatic N) is 1. The predicted molar refractivity (Wildman–Crippen MR) is 62.5 cm³/mol. The van der Waals surface area contributed by atoms with E-state index in [0.717, 1.165) is 25.0 Å². The third-order valence-corrected chi connectivity index (χ3v) is 2.99. The molecule has 0 aromatic carbocycles. The van der Waals surface area contributed by atoms with Crippen LogP contribution in [0.3, 0.4) is 0 Å². The van der Waals surface area contributed by atoms with Gasteiger partial charge in [-0.15, -0.1) is 0 Å². The van der Waals surface area contributed by atoms with E-state index in [1.165, 1.54) is 19.3 Å². The van der Waals surface area contributed by atoms with Crippen LogP contribution in [-0.2, 0) is 6.42 Å². The van der Waals surface area contributed by atoms with Crippen molar-refractivity contribution >= 4 is 0 Å². The molecule has 0 aliphatic heterocycles. The van der Waals surface area contributed by atoms with Crippen molar-refractivity contribution in [2.24, 2.45) is 5.92 Å². The summed E-state index contributed by atoms with van der Waals surface area (Å²) in [6.07, 6.45) is 7.51. The highest BCUT2D eigenvalue weighted by Gasteiger charge is 2.17. The third-order valence-electron chi connectivity index (χ3n) is 2.99. The molecule has 16 heavy (non-hydrogen) atoms. The fraction of sp³-hybridized carbons (Fsp3) is 0.769. The van der Waals surface area contributed by atoms with Crippen LogP contribution < -0.4 is 4.74 Å². The van der Waals surface area contributed by atoms with Gasteiger partial charge in [-0.3, -0.25) is 0 Å². The first-order chi connectivity index (χ1) is 7.74. The second-order valence-corrected chi connectivity index (χ2v) is 5.11. The topological polar surface area (TPSA) is 35.3 Å². The molecule has 1 aliphatic rings. The summed E-state index contributed by atoms with van der Waals surface area (Å²) >= 11 is 0. The van der Waals surface area contributed by atoms with Crippen LogP contribution in [0.1, 0.15) is 51.7 Å². The molecule has 1 saturated carbocycles. The lowest BCUT2D eigenvalue weighted by Gasteiger charge is -2.21. The molecule has 0 N–H and O–H groups in total. The minimum Gasteiger partial charge on any atom is -0.472 e. The van der Waals surface area contributed by atoms with Gasteiger partial charge in [-0.05, 0) is 36.8 Å². The Balaban J connectivity index is 1.86. The SMILES string of the molecule is CC(C)Cc1cc(OC2CCCCC2)no1. The summed E-state index contributed by atoms with van der Waals surface area (Å²) in [6, 6.07) is 1.94. The maximum absolute atomic E-state index is 5.81.